The largest absolute Gasteiger partial charge is 0.350 e. The summed E-state index contributed by atoms with van der Waals surface area (Å²) in [6, 6.07) is -1.09. The lowest BCUT2D eigenvalue weighted by molar-refractivity contribution is -0.0700. The van der Waals surface area contributed by atoms with E-state index >= 15 is 0 Å². The van der Waals surface area contributed by atoms with Crippen molar-refractivity contribution in [1.29, 1.82) is 0 Å². The van der Waals surface area contributed by atoms with Gasteiger partial charge in [0.25, 0.3) is 0 Å². The molecule has 0 saturated carbocycles. The minimum absolute atomic E-state index is 0.131. The maximum atomic E-state index is 10.9. The number of hydrogen-bond acceptors (Lipinski definition) is 3. The number of carbonyl (C=O) groups is 1. The van der Waals surface area contributed by atoms with Crippen molar-refractivity contribution < 1.29 is 15.5 Å². The van der Waals surface area contributed by atoms with Gasteiger partial charge in [-0.3, -0.25) is 5.21 Å². The maximum absolute atomic E-state index is 10.9. The lowest BCUT2D eigenvalue weighted by atomic mass is 10.2. The Kier molecular flexibility index (Phi) is 1.77. The van der Waals surface area contributed by atoms with Crippen molar-refractivity contribution in [2.24, 2.45) is 5.73 Å². The van der Waals surface area contributed by atoms with E-state index < -0.39 is 12.1 Å². The van der Waals surface area contributed by atoms with Gasteiger partial charge >= 0.3 is 6.03 Å². The Bertz CT molecular complexity index is 659. The number of amides is 2. The van der Waals surface area contributed by atoms with E-state index in [0.717, 1.165) is 11.3 Å². The number of rotatable bonds is 2. The Hall–Kier alpha value is -1.59. The predicted molar refractivity (Wildman–Crippen MR) is 63.4 cm³/mol. The standard InChI is InChI=1S/C11H12N2O2S/c1-7(13(15)11(12)14)10-6-8-4-2-3-5-9(8)16-10/h2-7,15H,1H3,(H2,12,14)/i2D,3D,4D,5D. The average Bonchev–Trinajstić information content (AvgIpc) is 2.86. The quantitative estimate of drug-likeness (QED) is 0.626. The van der Waals surface area contributed by atoms with Gasteiger partial charge in [-0.25, -0.2) is 4.79 Å². The number of fused-ring (bicyclic) bond motifs is 1. The van der Waals surface area contributed by atoms with Crippen LogP contribution in [0.1, 0.15) is 23.3 Å². The molecule has 2 rings (SSSR count). The molecule has 1 atom stereocenters. The van der Waals surface area contributed by atoms with Crippen LogP contribution in [0.25, 0.3) is 10.1 Å². The summed E-state index contributed by atoms with van der Waals surface area (Å²) < 4.78 is 31.3. The molecule has 0 spiro atoms. The van der Waals surface area contributed by atoms with Crippen molar-refractivity contribution >= 4 is 27.5 Å². The molecule has 0 bridgehead atoms. The first-order valence-corrected chi connectivity index (χ1v) is 5.34. The Morgan fingerprint density at radius 2 is 2.31 bits per heavy atom. The fourth-order valence-corrected chi connectivity index (χ4v) is 2.30. The van der Waals surface area contributed by atoms with Gasteiger partial charge in [-0.1, -0.05) is 18.1 Å². The second-order valence-electron chi connectivity index (χ2n) is 3.25. The molecule has 0 aliphatic carbocycles. The third-order valence-electron chi connectivity index (χ3n) is 2.19. The van der Waals surface area contributed by atoms with Crippen LogP contribution in [0, 0.1) is 0 Å². The molecule has 0 radical (unpaired) electrons. The molecule has 3 N–H and O–H groups in total. The molecule has 1 unspecified atom stereocenters. The molecule has 16 heavy (non-hydrogen) atoms. The van der Waals surface area contributed by atoms with Crippen LogP contribution in [-0.4, -0.2) is 16.3 Å². The molecule has 84 valence electrons. The SMILES string of the molecule is [2H]c1c([2H])c([2H])c2sc(C(C)N(O)C(N)=O)cc2c1[2H]. The van der Waals surface area contributed by atoms with Crippen molar-refractivity contribution in [2.75, 3.05) is 0 Å². The summed E-state index contributed by atoms with van der Waals surface area (Å²) in [5, 5.41) is 10.2. The first kappa shape index (κ1) is 6.88. The number of nitrogens with two attached hydrogens (primary N) is 1. The predicted octanol–water partition coefficient (Wildman–Crippen LogP) is 2.73. The van der Waals surface area contributed by atoms with Crippen LogP contribution in [-0.2, 0) is 0 Å². The van der Waals surface area contributed by atoms with Gasteiger partial charge < -0.3 is 5.73 Å². The zero-order valence-electron chi connectivity index (χ0n) is 12.4. The summed E-state index contributed by atoms with van der Waals surface area (Å²) in [6.45, 7) is 1.55. The highest BCUT2D eigenvalue weighted by atomic mass is 32.1. The summed E-state index contributed by atoms with van der Waals surface area (Å²) in [5.74, 6) is 0. The number of urea groups is 1. The lowest BCUT2D eigenvalue weighted by Crippen LogP contribution is -2.34. The summed E-state index contributed by atoms with van der Waals surface area (Å²) in [5.41, 5.74) is 4.98. The number of hydroxylamine groups is 2. The first-order chi connectivity index (χ1) is 9.25. The maximum Gasteiger partial charge on any atom is 0.339 e. The topological polar surface area (TPSA) is 66.6 Å². The highest BCUT2D eigenvalue weighted by Gasteiger charge is 2.18. The fraction of sp³-hybridized carbons (Fsp3) is 0.182. The highest BCUT2D eigenvalue weighted by Crippen LogP contribution is 2.31. The second-order valence-corrected chi connectivity index (χ2v) is 4.33. The molecule has 5 heteroatoms. The molecule has 0 saturated heterocycles. The Labute approximate surface area is 102 Å². The van der Waals surface area contributed by atoms with E-state index in [1.165, 1.54) is 6.07 Å². The Morgan fingerprint density at radius 1 is 1.62 bits per heavy atom. The number of carbonyl (C=O) groups excluding carboxylic acids is 1. The van der Waals surface area contributed by atoms with E-state index in [1.807, 2.05) is 0 Å². The van der Waals surface area contributed by atoms with Gasteiger partial charge in [0.2, 0.25) is 0 Å². The van der Waals surface area contributed by atoms with E-state index in [9.17, 15) is 10.0 Å². The molecule has 1 heterocycles. The summed E-state index contributed by atoms with van der Waals surface area (Å²) >= 11 is 1.09. The molecule has 1 aromatic carbocycles. The van der Waals surface area contributed by atoms with Gasteiger partial charge in [0.1, 0.15) is 0 Å². The number of nitrogens with zero attached hydrogens (tertiary/aromatic N) is 1. The molecule has 1 aromatic heterocycles. The van der Waals surface area contributed by atoms with Crippen molar-refractivity contribution in [3.8, 4) is 0 Å². The molecule has 2 amide bonds. The summed E-state index contributed by atoms with van der Waals surface area (Å²) in [4.78, 5) is 11.5. The zero-order chi connectivity index (χ0) is 15.2. The lowest BCUT2D eigenvalue weighted by Gasteiger charge is -2.18. The van der Waals surface area contributed by atoms with Crippen molar-refractivity contribution in [3.05, 3.63) is 35.1 Å². The number of primary amides is 1. The van der Waals surface area contributed by atoms with Crippen molar-refractivity contribution in [1.82, 2.24) is 5.06 Å². The van der Waals surface area contributed by atoms with Crippen LogP contribution in [0.4, 0.5) is 4.79 Å². The zero-order valence-corrected chi connectivity index (χ0v) is 9.26. The minimum Gasteiger partial charge on any atom is -0.350 e. The van der Waals surface area contributed by atoms with Crippen LogP contribution < -0.4 is 5.73 Å². The molecule has 4 nitrogen and oxygen atoms in total. The van der Waals surface area contributed by atoms with E-state index in [1.54, 1.807) is 6.92 Å². The van der Waals surface area contributed by atoms with Gasteiger partial charge in [-0.2, -0.15) is 5.06 Å². The van der Waals surface area contributed by atoms with Crippen molar-refractivity contribution in [2.45, 2.75) is 13.0 Å². The van der Waals surface area contributed by atoms with Gasteiger partial charge in [0.15, 0.2) is 0 Å². The average molecular weight is 240 g/mol. The van der Waals surface area contributed by atoms with Crippen LogP contribution in [0.3, 0.4) is 0 Å². The van der Waals surface area contributed by atoms with E-state index in [-0.39, 0.29) is 24.2 Å². The highest BCUT2D eigenvalue weighted by molar-refractivity contribution is 7.19. The molecule has 0 fully saturated rings. The van der Waals surface area contributed by atoms with E-state index in [2.05, 4.69) is 0 Å². The monoisotopic (exact) mass is 240 g/mol. The summed E-state index contributed by atoms with van der Waals surface area (Å²) in [7, 11) is 0. The summed E-state index contributed by atoms with van der Waals surface area (Å²) in [6.07, 6.45) is 0. The normalized spacial score (nSPS) is 16.1. The van der Waals surface area contributed by atoms with Crippen LogP contribution >= 0.6 is 11.3 Å². The van der Waals surface area contributed by atoms with Crippen molar-refractivity contribution in [3.63, 3.8) is 0 Å². The molecular weight excluding hydrogens is 224 g/mol. The van der Waals surface area contributed by atoms with Gasteiger partial charge in [-0.05, 0) is 24.4 Å². The Balaban J connectivity index is 2.63. The third kappa shape index (κ3) is 1.87. The molecular formula is C11H12N2O2S. The molecule has 2 aromatic rings. The minimum atomic E-state index is -1.01. The smallest absolute Gasteiger partial charge is 0.339 e. The van der Waals surface area contributed by atoms with Crippen LogP contribution in [0.15, 0.2) is 30.2 Å². The van der Waals surface area contributed by atoms with E-state index in [4.69, 9.17) is 11.2 Å². The third-order valence-corrected chi connectivity index (χ3v) is 3.41. The second kappa shape index (κ2) is 4.11. The van der Waals surface area contributed by atoms with Gasteiger partial charge in [-0.15, -0.1) is 11.3 Å². The number of hydrogen-bond donors (Lipinski definition) is 2. The van der Waals surface area contributed by atoms with Crippen LogP contribution in [0.5, 0.6) is 0 Å². The van der Waals surface area contributed by atoms with Gasteiger partial charge in [0.05, 0.1) is 11.5 Å². The Morgan fingerprint density at radius 3 is 3.00 bits per heavy atom. The van der Waals surface area contributed by atoms with Crippen LogP contribution in [0.2, 0.25) is 0 Å². The van der Waals surface area contributed by atoms with E-state index in [0.29, 0.717) is 20.0 Å². The number of thiophene rings is 1. The molecule has 0 aliphatic heterocycles. The van der Waals surface area contributed by atoms with Gasteiger partial charge in [0, 0.05) is 9.58 Å². The first-order valence-electron chi connectivity index (χ1n) is 6.53. The molecule has 0 aliphatic rings. The fourth-order valence-electron chi connectivity index (χ4n) is 1.30. The number of benzene rings is 1.